The van der Waals surface area contributed by atoms with Gasteiger partial charge in [-0.05, 0) is 35.7 Å². The average Bonchev–Trinajstić information content (AvgIpc) is 3.30. The number of hydrogen-bond donors (Lipinski definition) is 2. The molecule has 30 heavy (non-hydrogen) atoms. The fraction of sp³-hybridized carbons (Fsp3) is 0.125. The van der Waals surface area contributed by atoms with Crippen LogP contribution in [0, 0.1) is 0 Å². The number of hydrogen-bond acceptors (Lipinski definition) is 5. The van der Waals surface area contributed by atoms with Crippen LogP contribution in [0.15, 0.2) is 85.1 Å². The average molecular weight is 415 g/mol. The monoisotopic (exact) mass is 414 g/mol. The zero-order chi connectivity index (χ0) is 20.8. The molecule has 5 nitrogen and oxygen atoms in total. The Bertz CT molecular complexity index is 1110. The number of nitrogens with zero attached hydrogens (tertiary/aromatic N) is 2. The second-order valence-electron chi connectivity index (χ2n) is 6.81. The molecular weight excluding hydrogens is 392 g/mol. The Morgan fingerprint density at radius 1 is 0.967 bits per heavy atom. The molecule has 2 N–H and O–H groups in total. The van der Waals surface area contributed by atoms with Crippen LogP contribution in [-0.2, 0) is 6.42 Å². The molecule has 0 saturated heterocycles. The van der Waals surface area contributed by atoms with E-state index in [0.717, 1.165) is 22.6 Å². The van der Waals surface area contributed by atoms with Gasteiger partial charge in [-0.2, -0.15) is 0 Å². The molecule has 0 aliphatic heterocycles. The van der Waals surface area contributed by atoms with E-state index in [2.05, 4.69) is 32.7 Å². The summed E-state index contributed by atoms with van der Waals surface area (Å²) in [6.45, 7) is 0. The van der Waals surface area contributed by atoms with Crippen LogP contribution in [0.25, 0.3) is 10.6 Å². The first kappa shape index (κ1) is 19.8. The van der Waals surface area contributed by atoms with Crippen LogP contribution in [-0.4, -0.2) is 22.9 Å². The standard InChI is InChI=1S/C24H22N4OS/c1-25-24-26-15-14-19(28-24)21-12-13-22(30-21)23(29)27-20(18-10-6-3-7-11-18)16-17-8-4-2-5-9-17/h2-15,20H,16H2,1H3,(H,27,29)(H,25,26,28). The Hall–Kier alpha value is -3.51. The molecule has 2 aromatic carbocycles. The molecule has 0 bridgehead atoms. The summed E-state index contributed by atoms with van der Waals surface area (Å²) >= 11 is 1.43. The second-order valence-corrected chi connectivity index (χ2v) is 7.89. The van der Waals surface area contributed by atoms with Gasteiger partial charge >= 0.3 is 0 Å². The first-order valence-corrected chi connectivity index (χ1v) is 10.6. The van der Waals surface area contributed by atoms with E-state index in [-0.39, 0.29) is 11.9 Å². The lowest BCUT2D eigenvalue weighted by molar-refractivity contribution is 0.0940. The van der Waals surface area contributed by atoms with Gasteiger partial charge in [0.15, 0.2) is 0 Å². The number of rotatable bonds is 7. The number of carbonyl (C=O) groups is 1. The molecule has 0 aliphatic carbocycles. The molecule has 4 rings (SSSR count). The lowest BCUT2D eigenvalue weighted by Gasteiger charge is -2.19. The number of carbonyl (C=O) groups excluding carboxylic acids is 1. The fourth-order valence-electron chi connectivity index (χ4n) is 3.23. The number of aromatic nitrogens is 2. The molecule has 0 fully saturated rings. The Kier molecular flexibility index (Phi) is 6.15. The molecule has 1 unspecified atom stereocenters. The van der Waals surface area contributed by atoms with Crippen molar-refractivity contribution in [3.8, 4) is 10.6 Å². The van der Waals surface area contributed by atoms with Crippen LogP contribution in [0.3, 0.4) is 0 Å². The van der Waals surface area contributed by atoms with Crippen molar-refractivity contribution >= 4 is 23.2 Å². The van der Waals surface area contributed by atoms with E-state index in [1.54, 1.807) is 13.2 Å². The predicted octanol–water partition coefficient (Wildman–Crippen LogP) is 4.96. The number of amides is 1. The highest BCUT2D eigenvalue weighted by Crippen LogP contribution is 2.28. The third-order valence-electron chi connectivity index (χ3n) is 4.75. The molecule has 0 radical (unpaired) electrons. The maximum absolute atomic E-state index is 13.0. The summed E-state index contributed by atoms with van der Waals surface area (Å²) < 4.78 is 0. The van der Waals surface area contributed by atoms with Crippen LogP contribution >= 0.6 is 11.3 Å². The van der Waals surface area contributed by atoms with E-state index < -0.39 is 0 Å². The summed E-state index contributed by atoms with van der Waals surface area (Å²) in [7, 11) is 1.78. The third-order valence-corrected chi connectivity index (χ3v) is 5.86. The molecule has 0 aliphatic rings. The van der Waals surface area contributed by atoms with Crippen molar-refractivity contribution in [2.45, 2.75) is 12.5 Å². The van der Waals surface area contributed by atoms with Gasteiger partial charge < -0.3 is 10.6 Å². The van der Waals surface area contributed by atoms with Gasteiger partial charge in [0.2, 0.25) is 5.95 Å². The van der Waals surface area contributed by atoms with Crippen molar-refractivity contribution in [3.05, 3.63) is 101 Å². The van der Waals surface area contributed by atoms with Gasteiger partial charge in [-0.15, -0.1) is 11.3 Å². The van der Waals surface area contributed by atoms with Gasteiger partial charge in [-0.1, -0.05) is 60.7 Å². The largest absolute Gasteiger partial charge is 0.357 e. The maximum Gasteiger partial charge on any atom is 0.261 e. The van der Waals surface area contributed by atoms with Crippen molar-refractivity contribution in [3.63, 3.8) is 0 Å². The van der Waals surface area contributed by atoms with Gasteiger partial charge in [0, 0.05) is 13.2 Å². The van der Waals surface area contributed by atoms with E-state index in [1.165, 1.54) is 16.9 Å². The second kappa shape index (κ2) is 9.33. The summed E-state index contributed by atoms with van der Waals surface area (Å²) in [6, 6.07) is 25.8. The minimum atomic E-state index is -0.110. The Morgan fingerprint density at radius 2 is 1.70 bits per heavy atom. The Morgan fingerprint density at radius 3 is 2.43 bits per heavy atom. The fourth-order valence-corrected chi connectivity index (χ4v) is 4.11. The summed E-state index contributed by atoms with van der Waals surface area (Å²) in [5.74, 6) is 0.470. The molecule has 4 aromatic rings. The molecule has 2 heterocycles. The van der Waals surface area contributed by atoms with Gasteiger partial charge in [0.05, 0.1) is 21.5 Å². The van der Waals surface area contributed by atoms with E-state index >= 15 is 0 Å². The predicted molar refractivity (Wildman–Crippen MR) is 122 cm³/mol. The smallest absolute Gasteiger partial charge is 0.261 e. The SMILES string of the molecule is CNc1nccc(-c2ccc(C(=O)NC(Cc3ccccc3)c3ccccc3)s2)n1. The summed E-state index contributed by atoms with van der Waals surface area (Å²) in [4.78, 5) is 23.2. The number of thiophene rings is 1. The van der Waals surface area contributed by atoms with Crippen molar-refractivity contribution in [2.75, 3.05) is 12.4 Å². The van der Waals surface area contributed by atoms with Gasteiger partial charge in [0.25, 0.3) is 5.91 Å². The first-order chi connectivity index (χ1) is 14.7. The highest BCUT2D eigenvalue weighted by atomic mass is 32.1. The Balaban J connectivity index is 1.54. The van der Waals surface area contributed by atoms with Crippen molar-refractivity contribution < 1.29 is 4.79 Å². The maximum atomic E-state index is 13.0. The molecule has 1 atom stereocenters. The number of anilines is 1. The van der Waals surface area contributed by atoms with Crippen molar-refractivity contribution in [2.24, 2.45) is 0 Å². The summed E-state index contributed by atoms with van der Waals surface area (Å²) in [5, 5.41) is 6.15. The van der Waals surface area contributed by atoms with E-state index in [4.69, 9.17) is 0 Å². The number of nitrogens with one attached hydrogen (secondary N) is 2. The zero-order valence-corrected chi connectivity index (χ0v) is 17.4. The molecule has 1 amide bonds. The molecule has 150 valence electrons. The minimum absolute atomic E-state index is 0.0843. The van der Waals surface area contributed by atoms with E-state index in [1.807, 2.05) is 66.7 Å². The van der Waals surface area contributed by atoms with Crippen LogP contribution in [0.1, 0.15) is 26.8 Å². The van der Waals surface area contributed by atoms with E-state index in [9.17, 15) is 4.79 Å². The highest BCUT2D eigenvalue weighted by Gasteiger charge is 2.18. The minimum Gasteiger partial charge on any atom is -0.357 e. The topological polar surface area (TPSA) is 66.9 Å². The first-order valence-electron chi connectivity index (χ1n) is 9.73. The van der Waals surface area contributed by atoms with Gasteiger partial charge in [0.1, 0.15) is 0 Å². The highest BCUT2D eigenvalue weighted by molar-refractivity contribution is 7.17. The lowest BCUT2D eigenvalue weighted by atomic mass is 9.99. The quantitative estimate of drug-likeness (QED) is 0.448. The molecule has 2 aromatic heterocycles. The van der Waals surface area contributed by atoms with Gasteiger partial charge in [-0.25, -0.2) is 9.97 Å². The molecule has 0 spiro atoms. The normalized spacial score (nSPS) is 11.6. The van der Waals surface area contributed by atoms with Crippen molar-refractivity contribution in [1.82, 2.24) is 15.3 Å². The summed E-state index contributed by atoms with van der Waals surface area (Å²) in [6.07, 6.45) is 2.44. The number of benzene rings is 2. The zero-order valence-electron chi connectivity index (χ0n) is 16.6. The molecule has 6 heteroatoms. The third kappa shape index (κ3) is 4.72. The van der Waals surface area contributed by atoms with Crippen LogP contribution in [0.5, 0.6) is 0 Å². The molecule has 0 saturated carbocycles. The van der Waals surface area contributed by atoms with E-state index in [0.29, 0.717) is 10.8 Å². The summed E-state index contributed by atoms with van der Waals surface area (Å²) in [5.41, 5.74) is 3.06. The Labute approximate surface area is 179 Å². The van der Waals surface area contributed by atoms with Gasteiger partial charge in [-0.3, -0.25) is 4.79 Å². The lowest BCUT2D eigenvalue weighted by Crippen LogP contribution is -2.29. The molecular formula is C24H22N4OS. The van der Waals surface area contributed by atoms with Crippen molar-refractivity contribution in [1.29, 1.82) is 0 Å². The van der Waals surface area contributed by atoms with Crippen LogP contribution in [0.2, 0.25) is 0 Å². The van der Waals surface area contributed by atoms with Crippen LogP contribution < -0.4 is 10.6 Å². The van der Waals surface area contributed by atoms with Crippen LogP contribution in [0.4, 0.5) is 5.95 Å².